The van der Waals surface area contributed by atoms with Crippen molar-refractivity contribution in [2.24, 2.45) is 5.92 Å². The quantitative estimate of drug-likeness (QED) is 0.187. The molecule has 1 fully saturated rings. The van der Waals surface area contributed by atoms with Crippen LogP contribution in [0.3, 0.4) is 0 Å². The predicted molar refractivity (Wildman–Crippen MR) is 147 cm³/mol. The van der Waals surface area contributed by atoms with E-state index >= 15 is 0 Å². The van der Waals surface area contributed by atoms with E-state index in [1.54, 1.807) is 62.3 Å². The predicted octanol–water partition coefficient (Wildman–Crippen LogP) is 6.32. The van der Waals surface area contributed by atoms with E-state index in [-0.39, 0.29) is 41.0 Å². The van der Waals surface area contributed by atoms with Crippen LogP contribution in [0.1, 0.15) is 87.1 Å². The first-order valence-electron chi connectivity index (χ1n) is 12.7. The Kier molecular flexibility index (Phi) is 10.1. The van der Waals surface area contributed by atoms with E-state index in [1.165, 1.54) is 0 Å². The van der Waals surface area contributed by atoms with Crippen molar-refractivity contribution in [3.63, 3.8) is 0 Å². The fourth-order valence-corrected chi connectivity index (χ4v) is 3.84. The number of ether oxygens (including phenoxy) is 4. The van der Waals surface area contributed by atoms with Crippen molar-refractivity contribution in [1.82, 2.24) is 9.97 Å². The molecule has 2 amide bonds. The number of hydrogen-bond donors (Lipinski definition) is 1. The molecule has 12 heteroatoms. The van der Waals surface area contributed by atoms with Gasteiger partial charge < -0.3 is 24.3 Å². The standard InChI is InChI=1S/C27H39ClN4O7/c1-11-18-19(28)30-21(32(22(33)37-25(2,3)4)23(34)38-26(5,6)7)31-20(18)29-17-13-12-16(14-17)15-36-24(35)39-27(8,9)10/h1,16-17H,12-15H2,2-10H3,(H,29,30,31)/t16-,17+/m1/s1. The Morgan fingerprint density at radius 2 is 1.49 bits per heavy atom. The van der Waals surface area contributed by atoms with Gasteiger partial charge in [-0.15, -0.1) is 11.3 Å². The van der Waals surface area contributed by atoms with Crippen LogP contribution < -0.4 is 10.2 Å². The summed E-state index contributed by atoms with van der Waals surface area (Å²) >= 11 is 6.37. The number of amides is 2. The number of halogens is 1. The molecule has 0 aliphatic heterocycles. The van der Waals surface area contributed by atoms with Gasteiger partial charge in [0.1, 0.15) is 28.2 Å². The van der Waals surface area contributed by atoms with Crippen LogP contribution in [-0.4, -0.2) is 57.8 Å². The minimum absolute atomic E-state index is 0.0844. The van der Waals surface area contributed by atoms with Gasteiger partial charge in [-0.3, -0.25) is 0 Å². The normalized spacial score (nSPS) is 17.6. The molecule has 11 nitrogen and oxygen atoms in total. The van der Waals surface area contributed by atoms with E-state index < -0.39 is 35.1 Å². The number of terminal acetylenes is 1. The van der Waals surface area contributed by atoms with E-state index in [0.717, 1.165) is 12.8 Å². The van der Waals surface area contributed by atoms with Gasteiger partial charge in [0.25, 0.3) is 0 Å². The number of carbonyl (C=O) groups is 3. The maximum atomic E-state index is 13.0. The fraction of sp³-hybridized carbons (Fsp3) is 0.667. The van der Waals surface area contributed by atoms with Crippen LogP contribution in [-0.2, 0) is 18.9 Å². The first-order chi connectivity index (χ1) is 17.8. The van der Waals surface area contributed by atoms with Gasteiger partial charge in [0.2, 0.25) is 5.95 Å². The Morgan fingerprint density at radius 3 is 1.97 bits per heavy atom. The Hall–Kier alpha value is -3.26. The number of nitrogens with one attached hydrogen (secondary N) is 1. The molecular formula is C27H39ClN4O7. The van der Waals surface area contributed by atoms with E-state index in [1.807, 2.05) is 0 Å². The van der Waals surface area contributed by atoms with Crippen LogP contribution in [0.25, 0.3) is 0 Å². The monoisotopic (exact) mass is 566 g/mol. The second-order valence-electron chi connectivity index (χ2n) is 12.3. The summed E-state index contributed by atoms with van der Waals surface area (Å²) < 4.78 is 21.3. The summed E-state index contributed by atoms with van der Waals surface area (Å²) in [6.45, 7) is 15.4. The van der Waals surface area contributed by atoms with Gasteiger partial charge in [-0.05, 0) is 87.5 Å². The Balaban J connectivity index is 2.28. The van der Waals surface area contributed by atoms with E-state index in [2.05, 4.69) is 21.2 Å². The lowest BCUT2D eigenvalue weighted by molar-refractivity contribution is -0.0129. The van der Waals surface area contributed by atoms with Crippen LogP contribution in [0.4, 0.5) is 26.1 Å². The SMILES string of the molecule is C#Cc1c(Cl)nc(N(C(=O)OC(C)(C)C)C(=O)OC(C)(C)C)nc1N[C@H]1CC[C@@H](COC(=O)OC(C)(C)C)C1. The van der Waals surface area contributed by atoms with E-state index in [0.29, 0.717) is 11.3 Å². The number of aromatic nitrogens is 2. The molecule has 0 radical (unpaired) electrons. The molecule has 0 spiro atoms. The molecule has 2 rings (SSSR count). The Morgan fingerprint density at radius 1 is 0.949 bits per heavy atom. The number of carbonyl (C=O) groups excluding carboxylic acids is 3. The van der Waals surface area contributed by atoms with Crippen LogP contribution in [0.5, 0.6) is 0 Å². The second-order valence-corrected chi connectivity index (χ2v) is 12.6. The van der Waals surface area contributed by atoms with Crippen LogP contribution in [0.15, 0.2) is 0 Å². The Bertz CT molecular complexity index is 1090. The molecule has 0 aromatic carbocycles. The van der Waals surface area contributed by atoms with Gasteiger partial charge >= 0.3 is 18.3 Å². The molecule has 1 saturated carbocycles. The molecule has 0 bridgehead atoms. The highest BCUT2D eigenvalue weighted by Gasteiger charge is 2.36. The smallest absolute Gasteiger partial charge is 0.443 e. The summed E-state index contributed by atoms with van der Waals surface area (Å²) in [6, 6.07) is -0.0975. The highest BCUT2D eigenvalue weighted by atomic mass is 35.5. The van der Waals surface area contributed by atoms with Crippen LogP contribution >= 0.6 is 11.6 Å². The second kappa shape index (κ2) is 12.3. The third kappa shape index (κ3) is 10.4. The highest BCUT2D eigenvalue weighted by Crippen LogP contribution is 2.32. The third-order valence-corrected chi connectivity index (χ3v) is 5.33. The maximum Gasteiger partial charge on any atom is 0.508 e. The summed E-state index contributed by atoms with van der Waals surface area (Å²) in [5.74, 6) is 2.36. The lowest BCUT2D eigenvalue weighted by Gasteiger charge is -2.28. The molecule has 0 unspecified atom stereocenters. The van der Waals surface area contributed by atoms with Crippen molar-refractivity contribution in [3.8, 4) is 12.3 Å². The Labute approximate surface area is 235 Å². The molecule has 216 valence electrons. The zero-order chi connectivity index (χ0) is 29.8. The minimum atomic E-state index is -1.03. The van der Waals surface area contributed by atoms with Crippen molar-refractivity contribution < 1.29 is 33.3 Å². The van der Waals surface area contributed by atoms with Gasteiger partial charge in [-0.2, -0.15) is 9.97 Å². The molecule has 0 saturated heterocycles. The summed E-state index contributed by atoms with van der Waals surface area (Å²) in [7, 11) is 0. The van der Waals surface area contributed by atoms with Crippen molar-refractivity contribution in [2.75, 3.05) is 16.8 Å². The zero-order valence-corrected chi connectivity index (χ0v) is 24.9. The number of imide groups is 1. The van der Waals surface area contributed by atoms with Crippen LogP contribution in [0, 0.1) is 18.3 Å². The summed E-state index contributed by atoms with van der Waals surface area (Å²) in [5.41, 5.74) is -2.30. The average Bonchev–Trinajstić information content (AvgIpc) is 3.15. The van der Waals surface area contributed by atoms with Gasteiger partial charge in [0.05, 0.1) is 6.61 Å². The van der Waals surface area contributed by atoms with Crippen molar-refractivity contribution in [2.45, 2.75) is 104 Å². The molecule has 39 heavy (non-hydrogen) atoms. The molecule has 1 aliphatic rings. The average molecular weight is 567 g/mol. The molecule has 1 heterocycles. The van der Waals surface area contributed by atoms with Gasteiger partial charge in [-0.1, -0.05) is 17.5 Å². The van der Waals surface area contributed by atoms with Crippen molar-refractivity contribution in [3.05, 3.63) is 10.7 Å². The third-order valence-electron chi connectivity index (χ3n) is 5.06. The summed E-state index contributed by atoms with van der Waals surface area (Å²) in [5, 5.41) is 3.11. The van der Waals surface area contributed by atoms with E-state index in [4.69, 9.17) is 37.0 Å². The molecule has 2 atom stereocenters. The minimum Gasteiger partial charge on any atom is -0.443 e. The number of hydrogen-bond acceptors (Lipinski definition) is 10. The fourth-order valence-electron chi connectivity index (χ4n) is 3.62. The first kappa shape index (κ1) is 32.0. The van der Waals surface area contributed by atoms with Crippen molar-refractivity contribution >= 4 is 41.7 Å². The molecule has 1 aliphatic carbocycles. The maximum absolute atomic E-state index is 13.0. The highest BCUT2D eigenvalue weighted by molar-refractivity contribution is 6.31. The molecule has 1 N–H and O–H groups in total. The number of rotatable bonds is 5. The van der Waals surface area contributed by atoms with E-state index in [9.17, 15) is 14.4 Å². The van der Waals surface area contributed by atoms with Gasteiger partial charge in [0, 0.05) is 6.04 Å². The van der Waals surface area contributed by atoms with Gasteiger partial charge in [0.15, 0.2) is 5.15 Å². The van der Waals surface area contributed by atoms with Gasteiger partial charge in [-0.25, -0.2) is 14.4 Å². The summed E-state index contributed by atoms with van der Waals surface area (Å²) in [6.07, 6.45) is 5.04. The molecule has 1 aromatic rings. The first-order valence-corrected chi connectivity index (χ1v) is 13.1. The van der Waals surface area contributed by atoms with Crippen LogP contribution in [0.2, 0.25) is 5.15 Å². The zero-order valence-electron chi connectivity index (χ0n) is 24.1. The molecular weight excluding hydrogens is 528 g/mol. The number of anilines is 2. The molecule has 1 aromatic heterocycles. The lowest BCUT2D eigenvalue weighted by Crippen LogP contribution is -2.44. The lowest BCUT2D eigenvalue weighted by atomic mass is 10.1. The summed E-state index contributed by atoms with van der Waals surface area (Å²) in [4.78, 5) is 47.0. The topological polar surface area (TPSA) is 129 Å². The van der Waals surface area contributed by atoms with Crippen molar-refractivity contribution in [1.29, 1.82) is 0 Å². The number of nitrogens with zero attached hydrogens (tertiary/aromatic N) is 3. The largest absolute Gasteiger partial charge is 0.508 e.